The molecule has 0 amide bonds. The first kappa shape index (κ1) is 13.9. The largest absolute Gasteiger partial charge is 0.480 e. The van der Waals surface area contributed by atoms with Crippen molar-refractivity contribution in [1.29, 1.82) is 0 Å². The third-order valence-corrected chi connectivity index (χ3v) is 3.50. The summed E-state index contributed by atoms with van der Waals surface area (Å²) in [6.45, 7) is 3.11. The highest BCUT2D eigenvalue weighted by atomic mass is 19.2. The molecule has 0 spiro atoms. The van der Waals surface area contributed by atoms with E-state index in [0.717, 1.165) is 6.07 Å². The molecular formula is C13H16F2N2O2. The summed E-state index contributed by atoms with van der Waals surface area (Å²) in [6.07, 6.45) is 0. The summed E-state index contributed by atoms with van der Waals surface area (Å²) in [5, 5.41) is 12.2. The lowest BCUT2D eigenvalue weighted by Crippen LogP contribution is -2.55. The molecule has 1 heterocycles. The average molecular weight is 270 g/mol. The third-order valence-electron chi connectivity index (χ3n) is 3.50. The van der Waals surface area contributed by atoms with Crippen LogP contribution in [-0.4, -0.2) is 41.7 Å². The molecule has 1 fully saturated rings. The quantitative estimate of drug-likeness (QED) is 0.871. The number of carbonyl (C=O) groups is 1. The first-order valence-corrected chi connectivity index (χ1v) is 6.15. The van der Waals surface area contributed by atoms with E-state index in [2.05, 4.69) is 5.32 Å². The highest BCUT2D eigenvalue weighted by Crippen LogP contribution is 2.26. The minimum Gasteiger partial charge on any atom is -0.480 e. The first-order valence-electron chi connectivity index (χ1n) is 6.15. The SMILES string of the molecule is CC(c1cccc(F)c1F)N1CCNCC1C(=O)O. The van der Waals surface area contributed by atoms with Crippen molar-refractivity contribution in [1.82, 2.24) is 10.2 Å². The van der Waals surface area contributed by atoms with Crippen molar-refractivity contribution in [3.8, 4) is 0 Å². The molecule has 6 heteroatoms. The third kappa shape index (κ3) is 2.74. The Labute approximate surface area is 110 Å². The fourth-order valence-electron chi connectivity index (χ4n) is 2.43. The molecule has 1 aliphatic heterocycles. The van der Waals surface area contributed by atoms with Gasteiger partial charge in [-0.3, -0.25) is 9.69 Å². The summed E-state index contributed by atoms with van der Waals surface area (Å²) in [5.74, 6) is -2.78. The van der Waals surface area contributed by atoms with Gasteiger partial charge in [-0.25, -0.2) is 8.78 Å². The van der Waals surface area contributed by atoms with Crippen LogP contribution in [0.4, 0.5) is 8.78 Å². The van der Waals surface area contributed by atoms with Crippen LogP contribution in [-0.2, 0) is 4.79 Å². The molecule has 2 atom stereocenters. The fraction of sp³-hybridized carbons (Fsp3) is 0.462. The number of benzene rings is 1. The Bertz CT molecular complexity index is 482. The van der Waals surface area contributed by atoms with Crippen LogP contribution < -0.4 is 5.32 Å². The first-order chi connectivity index (χ1) is 9.02. The van der Waals surface area contributed by atoms with Crippen molar-refractivity contribution in [2.24, 2.45) is 0 Å². The van der Waals surface area contributed by atoms with Crippen molar-refractivity contribution >= 4 is 5.97 Å². The van der Waals surface area contributed by atoms with Gasteiger partial charge in [-0.05, 0) is 13.0 Å². The molecule has 1 aliphatic rings. The molecule has 4 nitrogen and oxygen atoms in total. The number of nitrogens with one attached hydrogen (secondary N) is 1. The fourth-order valence-corrected chi connectivity index (χ4v) is 2.43. The number of halogens is 2. The van der Waals surface area contributed by atoms with Gasteiger partial charge in [0.25, 0.3) is 0 Å². The molecule has 104 valence electrons. The number of aliphatic carboxylic acids is 1. The lowest BCUT2D eigenvalue weighted by Gasteiger charge is -2.38. The number of carboxylic acids is 1. The number of nitrogens with zero attached hydrogens (tertiary/aromatic N) is 1. The van der Waals surface area contributed by atoms with Crippen molar-refractivity contribution in [2.75, 3.05) is 19.6 Å². The minimum atomic E-state index is -0.962. The van der Waals surface area contributed by atoms with Crippen molar-refractivity contribution < 1.29 is 18.7 Å². The van der Waals surface area contributed by atoms with Crippen molar-refractivity contribution in [2.45, 2.75) is 19.0 Å². The highest BCUT2D eigenvalue weighted by molar-refractivity contribution is 5.74. The van der Waals surface area contributed by atoms with Crippen LogP contribution in [0.25, 0.3) is 0 Å². The summed E-state index contributed by atoms with van der Waals surface area (Å²) in [4.78, 5) is 12.9. The van der Waals surface area contributed by atoms with Gasteiger partial charge in [0.1, 0.15) is 6.04 Å². The molecule has 0 radical (unpaired) electrons. The molecule has 2 rings (SSSR count). The van der Waals surface area contributed by atoms with Gasteiger partial charge >= 0.3 is 5.97 Å². The zero-order valence-corrected chi connectivity index (χ0v) is 10.6. The zero-order chi connectivity index (χ0) is 14.0. The molecule has 19 heavy (non-hydrogen) atoms. The van der Waals surface area contributed by atoms with Gasteiger partial charge in [0.05, 0.1) is 0 Å². The number of piperazine rings is 1. The Kier molecular flexibility index (Phi) is 4.11. The molecule has 2 N–H and O–H groups in total. The van der Waals surface area contributed by atoms with Gasteiger partial charge < -0.3 is 10.4 Å². The summed E-state index contributed by atoms with van der Waals surface area (Å²) in [7, 11) is 0. The van der Waals surface area contributed by atoms with Gasteiger partial charge in [-0.15, -0.1) is 0 Å². The Morgan fingerprint density at radius 1 is 1.53 bits per heavy atom. The monoisotopic (exact) mass is 270 g/mol. The van der Waals surface area contributed by atoms with Gasteiger partial charge in [0, 0.05) is 31.2 Å². The Morgan fingerprint density at radius 3 is 2.95 bits per heavy atom. The summed E-state index contributed by atoms with van der Waals surface area (Å²) < 4.78 is 27.0. The van der Waals surface area contributed by atoms with E-state index >= 15 is 0 Å². The van der Waals surface area contributed by atoms with Crippen molar-refractivity contribution in [3.05, 3.63) is 35.4 Å². The second kappa shape index (κ2) is 5.63. The second-order valence-electron chi connectivity index (χ2n) is 4.62. The predicted octanol–water partition coefficient (Wildman–Crippen LogP) is 1.38. The van der Waals surface area contributed by atoms with Crippen LogP contribution >= 0.6 is 0 Å². The second-order valence-corrected chi connectivity index (χ2v) is 4.62. The van der Waals surface area contributed by atoms with E-state index < -0.39 is 29.7 Å². The number of hydrogen-bond donors (Lipinski definition) is 2. The maximum Gasteiger partial charge on any atom is 0.322 e. The standard InChI is InChI=1S/C13H16F2N2O2/c1-8(9-3-2-4-10(14)12(9)15)17-6-5-16-7-11(17)13(18)19/h2-4,8,11,16H,5-7H2,1H3,(H,18,19). The number of hydrogen-bond acceptors (Lipinski definition) is 3. The van der Waals surface area contributed by atoms with Crippen LogP contribution in [0.1, 0.15) is 18.5 Å². The number of carboxylic acid groups (broad SMARTS) is 1. The molecule has 1 aromatic rings. The predicted molar refractivity (Wildman–Crippen MR) is 65.8 cm³/mol. The highest BCUT2D eigenvalue weighted by Gasteiger charge is 2.33. The Balaban J connectivity index is 2.28. The molecule has 0 aliphatic carbocycles. The lowest BCUT2D eigenvalue weighted by atomic mass is 10.0. The van der Waals surface area contributed by atoms with Gasteiger partial charge in [0.15, 0.2) is 11.6 Å². The Hall–Kier alpha value is -1.53. The molecular weight excluding hydrogens is 254 g/mol. The maximum atomic E-state index is 13.8. The van der Waals surface area contributed by atoms with Crippen LogP contribution in [0.3, 0.4) is 0 Å². The zero-order valence-electron chi connectivity index (χ0n) is 10.6. The van der Waals surface area contributed by atoms with E-state index in [9.17, 15) is 18.7 Å². The summed E-state index contributed by atoms with van der Waals surface area (Å²) in [6, 6.07) is 2.76. The van der Waals surface area contributed by atoms with E-state index in [0.29, 0.717) is 19.6 Å². The molecule has 0 saturated carbocycles. The van der Waals surface area contributed by atoms with Gasteiger partial charge in [-0.1, -0.05) is 12.1 Å². The lowest BCUT2D eigenvalue weighted by molar-refractivity contribution is -0.145. The van der Waals surface area contributed by atoms with Crippen LogP contribution in [0.5, 0.6) is 0 Å². The van der Waals surface area contributed by atoms with Crippen molar-refractivity contribution in [3.63, 3.8) is 0 Å². The van der Waals surface area contributed by atoms with Crippen LogP contribution in [0, 0.1) is 11.6 Å². The smallest absolute Gasteiger partial charge is 0.322 e. The normalized spacial score (nSPS) is 22.2. The van der Waals surface area contributed by atoms with E-state index in [1.807, 2.05) is 0 Å². The van der Waals surface area contributed by atoms with Gasteiger partial charge in [-0.2, -0.15) is 0 Å². The molecule has 1 saturated heterocycles. The van der Waals surface area contributed by atoms with E-state index in [4.69, 9.17) is 0 Å². The topological polar surface area (TPSA) is 52.6 Å². The van der Waals surface area contributed by atoms with E-state index in [-0.39, 0.29) is 5.56 Å². The van der Waals surface area contributed by atoms with E-state index in [1.54, 1.807) is 11.8 Å². The van der Waals surface area contributed by atoms with Gasteiger partial charge in [0.2, 0.25) is 0 Å². The summed E-state index contributed by atoms with van der Waals surface area (Å²) >= 11 is 0. The maximum absolute atomic E-state index is 13.8. The Morgan fingerprint density at radius 2 is 2.26 bits per heavy atom. The average Bonchev–Trinajstić information content (AvgIpc) is 2.41. The molecule has 2 unspecified atom stereocenters. The van der Waals surface area contributed by atoms with Crippen LogP contribution in [0.2, 0.25) is 0 Å². The molecule has 0 bridgehead atoms. The molecule has 0 aromatic heterocycles. The van der Waals surface area contributed by atoms with Crippen LogP contribution in [0.15, 0.2) is 18.2 Å². The van der Waals surface area contributed by atoms with E-state index in [1.165, 1.54) is 12.1 Å². The minimum absolute atomic E-state index is 0.188. The molecule has 1 aromatic carbocycles. The summed E-state index contributed by atoms with van der Waals surface area (Å²) in [5.41, 5.74) is 0.188. The number of rotatable bonds is 3.